The smallest absolute Gasteiger partial charge is 0.237 e. The van der Waals surface area contributed by atoms with Gasteiger partial charge in [0.2, 0.25) is 5.91 Å². The lowest BCUT2D eigenvalue weighted by Crippen LogP contribution is -2.42. The van der Waals surface area contributed by atoms with Crippen LogP contribution in [0.4, 0.5) is 4.39 Å². The summed E-state index contributed by atoms with van der Waals surface area (Å²) in [6, 6.07) is 14.9. The number of hydrogen-bond acceptors (Lipinski definition) is 5. The zero-order valence-corrected chi connectivity index (χ0v) is 18.7. The fourth-order valence-electron chi connectivity index (χ4n) is 4.13. The van der Waals surface area contributed by atoms with Crippen LogP contribution in [0.25, 0.3) is 0 Å². The van der Waals surface area contributed by atoms with Crippen molar-refractivity contribution in [2.45, 2.75) is 31.7 Å². The van der Waals surface area contributed by atoms with E-state index >= 15 is 0 Å². The van der Waals surface area contributed by atoms with E-state index in [1.165, 1.54) is 6.07 Å². The van der Waals surface area contributed by atoms with E-state index < -0.39 is 0 Å². The maximum Gasteiger partial charge on any atom is 0.237 e. The molecule has 5 nitrogen and oxygen atoms in total. The third-order valence-electron chi connectivity index (χ3n) is 5.94. The molecule has 0 saturated carbocycles. The van der Waals surface area contributed by atoms with Gasteiger partial charge in [-0.05, 0) is 35.9 Å². The van der Waals surface area contributed by atoms with E-state index in [0.29, 0.717) is 37.8 Å². The Morgan fingerprint density at radius 3 is 2.65 bits per heavy atom. The van der Waals surface area contributed by atoms with Crippen LogP contribution in [0.3, 0.4) is 0 Å². The first-order chi connectivity index (χ1) is 15.1. The molecule has 0 N–H and O–H groups in total. The lowest BCUT2D eigenvalue weighted by Gasteiger charge is -2.28. The minimum atomic E-state index is -0.258. The molecular weight excluding hydrogens is 415 g/mol. The summed E-state index contributed by atoms with van der Waals surface area (Å²) in [7, 11) is 1.64. The first kappa shape index (κ1) is 22.1. The van der Waals surface area contributed by atoms with Crippen LogP contribution in [0.5, 0.6) is 5.75 Å². The van der Waals surface area contributed by atoms with Crippen molar-refractivity contribution in [3.05, 3.63) is 65.5 Å². The third-order valence-corrected chi connectivity index (χ3v) is 7.08. The zero-order valence-electron chi connectivity index (χ0n) is 17.8. The zero-order chi connectivity index (χ0) is 21.6. The van der Waals surface area contributed by atoms with E-state index in [2.05, 4.69) is 4.90 Å². The highest BCUT2D eigenvalue weighted by Gasteiger charge is 2.33. The largest absolute Gasteiger partial charge is 0.497 e. The van der Waals surface area contributed by atoms with Gasteiger partial charge in [-0.25, -0.2) is 4.39 Å². The van der Waals surface area contributed by atoms with Crippen LogP contribution in [0.15, 0.2) is 48.5 Å². The Morgan fingerprint density at radius 2 is 1.94 bits per heavy atom. The molecule has 2 heterocycles. The molecule has 0 radical (unpaired) electrons. The van der Waals surface area contributed by atoms with Crippen molar-refractivity contribution in [1.29, 1.82) is 0 Å². The highest BCUT2D eigenvalue weighted by atomic mass is 32.2. The molecule has 4 rings (SSSR count). The maximum absolute atomic E-state index is 14.1. The Bertz CT molecular complexity index is 873. The molecule has 7 heteroatoms. The summed E-state index contributed by atoms with van der Waals surface area (Å²) < 4.78 is 25.5. The summed E-state index contributed by atoms with van der Waals surface area (Å²) >= 11 is 1.94. The standard InChI is InChI=1S/C24H29FN2O3S/c1-29-21-8-6-18(7-9-21)12-27-14-22(30-16-19-4-2-3-5-23(19)25)13-26(15-24(27)28)20-10-11-31-17-20/h2-9,20,22H,10-17H2,1H3. The van der Waals surface area contributed by atoms with E-state index in [-0.39, 0.29) is 24.4 Å². The number of rotatable bonds is 7. The van der Waals surface area contributed by atoms with Gasteiger partial charge in [0.25, 0.3) is 0 Å². The molecule has 2 fully saturated rings. The molecule has 0 spiro atoms. The van der Waals surface area contributed by atoms with Crippen molar-refractivity contribution in [3.8, 4) is 5.75 Å². The fourth-order valence-corrected chi connectivity index (χ4v) is 5.38. The number of benzene rings is 2. The average molecular weight is 445 g/mol. The fraction of sp³-hybridized carbons (Fsp3) is 0.458. The van der Waals surface area contributed by atoms with E-state index in [0.717, 1.165) is 29.2 Å². The molecule has 2 aromatic rings. The molecule has 0 aliphatic carbocycles. The number of hydrogen-bond donors (Lipinski definition) is 0. The van der Waals surface area contributed by atoms with Crippen molar-refractivity contribution in [2.75, 3.05) is 38.2 Å². The van der Waals surface area contributed by atoms with Crippen molar-refractivity contribution in [2.24, 2.45) is 0 Å². The first-order valence-electron chi connectivity index (χ1n) is 10.7. The molecule has 1 amide bonds. The minimum Gasteiger partial charge on any atom is -0.497 e. The quantitative estimate of drug-likeness (QED) is 0.653. The highest BCUT2D eigenvalue weighted by molar-refractivity contribution is 7.99. The summed E-state index contributed by atoms with van der Waals surface area (Å²) in [6.45, 7) is 2.31. The predicted molar refractivity (Wildman–Crippen MR) is 121 cm³/mol. The normalized spacial score (nSPS) is 22.5. The maximum atomic E-state index is 14.1. The van der Waals surface area contributed by atoms with Gasteiger partial charge < -0.3 is 14.4 Å². The lowest BCUT2D eigenvalue weighted by atomic mass is 10.2. The summed E-state index contributed by atoms with van der Waals surface area (Å²) in [5, 5.41) is 0. The van der Waals surface area contributed by atoms with Crippen molar-refractivity contribution < 1.29 is 18.7 Å². The lowest BCUT2D eigenvalue weighted by molar-refractivity contribution is -0.132. The highest BCUT2D eigenvalue weighted by Crippen LogP contribution is 2.25. The van der Waals surface area contributed by atoms with Crippen molar-refractivity contribution in [3.63, 3.8) is 0 Å². The summed E-state index contributed by atoms with van der Waals surface area (Å²) in [5.74, 6) is 2.83. The van der Waals surface area contributed by atoms with Crippen molar-refractivity contribution >= 4 is 17.7 Å². The van der Waals surface area contributed by atoms with Gasteiger partial charge in [0.05, 0.1) is 26.4 Å². The second-order valence-corrected chi connectivity index (χ2v) is 9.24. The molecule has 2 aliphatic heterocycles. The SMILES string of the molecule is COc1ccc(CN2CC(OCc3ccccc3F)CN(C3CCSC3)CC2=O)cc1. The van der Waals surface area contributed by atoms with Crippen LogP contribution in [-0.4, -0.2) is 66.1 Å². The first-order valence-corrected chi connectivity index (χ1v) is 11.9. The van der Waals surface area contributed by atoms with Gasteiger partial charge in [-0.15, -0.1) is 0 Å². The van der Waals surface area contributed by atoms with Crippen LogP contribution >= 0.6 is 11.8 Å². The number of amides is 1. The number of carbonyl (C=O) groups excluding carboxylic acids is 1. The second kappa shape index (κ2) is 10.5. The number of methoxy groups -OCH3 is 1. The molecule has 0 bridgehead atoms. The van der Waals surface area contributed by atoms with Gasteiger partial charge in [0.15, 0.2) is 0 Å². The number of thioether (sulfide) groups is 1. The van der Waals surface area contributed by atoms with Gasteiger partial charge in [0.1, 0.15) is 11.6 Å². The van der Waals surface area contributed by atoms with Crippen LogP contribution in [-0.2, 0) is 22.7 Å². The number of carbonyl (C=O) groups is 1. The predicted octanol–water partition coefficient (Wildman–Crippen LogP) is 3.57. The van der Waals surface area contributed by atoms with E-state index in [1.54, 1.807) is 19.2 Å². The summed E-state index contributed by atoms with van der Waals surface area (Å²) in [5.41, 5.74) is 1.59. The van der Waals surface area contributed by atoms with E-state index in [9.17, 15) is 9.18 Å². The molecule has 2 atom stereocenters. The average Bonchev–Trinajstić information content (AvgIpc) is 3.27. The van der Waals surface area contributed by atoms with Crippen molar-refractivity contribution in [1.82, 2.24) is 9.80 Å². The van der Waals surface area contributed by atoms with E-state index in [4.69, 9.17) is 9.47 Å². The van der Waals surface area contributed by atoms with Gasteiger partial charge in [0, 0.05) is 37.0 Å². The second-order valence-electron chi connectivity index (χ2n) is 8.09. The molecule has 166 valence electrons. The van der Waals surface area contributed by atoms with Gasteiger partial charge in [-0.1, -0.05) is 30.3 Å². The molecule has 31 heavy (non-hydrogen) atoms. The topological polar surface area (TPSA) is 42.0 Å². The monoisotopic (exact) mass is 444 g/mol. The summed E-state index contributed by atoms with van der Waals surface area (Å²) in [6.07, 6.45) is 0.922. The molecule has 2 saturated heterocycles. The number of halogens is 1. The number of nitrogens with zero attached hydrogens (tertiary/aromatic N) is 2. The minimum absolute atomic E-state index is 0.115. The Kier molecular flexibility index (Phi) is 7.48. The molecular formula is C24H29FN2O3S. The summed E-state index contributed by atoms with van der Waals surface area (Å²) in [4.78, 5) is 17.3. The Balaban J connectivity index is 1.48. The molecule has 2 aromatic carbocycles. The van der Waals surface area contributed by atoms with Gasteiger partial charge in [-0.2, -0.15) is 11.8 Å². The molecule has 0 aromatic heterocycles. The number of ether oxygens (including phenoxy) is 2. The van der Waals surface area contributed by atoms with Gasteiger partial charge >= 0.3 is 0 Å². The van der Waals surface area contributed by atoms with Gasteiger partial charge in [-0.3, -0.25) is 9.69 Å². The Labute approximate surface area is 187 Å². The van der Waals surface area contributed by atoms with Crippen LogP contribution < -0.4 is 4.74 Å². The Hall–Kier alpha value is -2.09. The van der Waals surface area contributed by atoms with E-state index in [1.807, 2.05) is 47.0 Å². The molecule has 2 aliphatic rings. The third kappa shape index (κ3) is 5.79. The Morgan fingerprint density at radius 1 is 1.13 bits per heavy atom. The van der Waals surface area contributed by atoms with Crippen LogP contribution in [0.2, 0.25) is 0 Å². The van der Waals surface area contributed by atoms with Crippen LogP contribution in [0.1, 0.15) is 17.5 Å². The van der Waals surface area contributed by atoms with Crippen LogP contribution in [0, 0.1) is 5.82 Å². The molecule has 2 unspecified atom stereocenters.